The van der Waals surface area contributed by atoms with E-state index in [0.29, 0.717) is 33.0 Å². The molecule has 4 atom stereocenters. The number of nitrogens with one attached hydrogen (secondary N) is 2. The Balaban J connectivity index is 1.20. The number of esters is 1. The minimum Gasteiger partial charge on any atom is -0.451 e. The Bertz CT molecular complexity index is 2990. The number of β-lactam (4-membered cyclic amide) rings is 1. The lowest BCUT2D eigenvalue weighted by Crippen LogP contribution is -2.79. The van der Waals surface area contributed by atoms with Crippen LogP contribution in [0.2, 0.25) is 0 Å². The number of oxime groups is 1. The maximum absolute atomic E-state index is 16.1. The van der Waals surface area contributed by atoms with E-state index in [1.54, 1.807) is 32.4 Å². The lowest BCUT2D eigenvalue weighted by atomic mass is 9.80. The summed E-state index contributed by atoms with van der Waals surface area (Å²) >= 11 is 3.22. The van der Waals surface area contributed by atoms with Gasteiger partial charge in [0.05, 0.1) is 29.5 Å². The van der Waals surface area contributed by atoms with Crippen LogP contribution in [0.3, 0.4) is 0 Å². The maximum atomic E-state index is 16.1. The average Bonchev–Trinajstić information content (AvgIpc) is 4.04. The minimum absolute atomic E-state index is 0.0181. The predicted octanol–water partition coefficient (Wildman–Crippen LogP) is 8.76. The predicted molar refractivity (Wildman–Crippen MR) is 282 cm³/mol. The molecule has 20 heteroatoms. The molecule has 73 heavy (non-hydrogen) atoms. The second-order valence-electron chi connectivity index (χ2n) is 18.0. The van der Waals surface area contributed by atoms with Gasteiger partial charge in [0.15, 0.2) is 26.0 Å². The molecule has 2 aliphatic heterocycles. The van der Waals surface area contributed by atoms with Gasteiger partial charge in [0.2, 0.25) is 11.5 Å². The fraction of sp³-hybridized carbons (Fsp3) is 0.245. The second kappa shape index (κ2) is 21.5. The van der Waals surface area contributed by atoms with Crippen molar-refractivity contribution in [2.45, 2.75) is 64.6 Å². The summed E-state index contributed by atoms with van der Waals surface area (Å²) in [4.78, 5) is 68.7. The van der Waals surface area contributed by atoms with Gasteiger partial charge in [-0.1, -0.05) is 169 Å². The van der Waals surface area contributed by atoms with Gasteiger partial charge in [0.1, 0.15) is 23.5 Å². The monoisotopic (exact) mass is 1050 g/mol. The molecule has 3 unspecified atom stereocenters. The lowest BCUT2D eigenvalue weighted by Gasteiger charge is -2.58. The number of amides is 3. The maximum Gasteiger partial charge on any atom is 0.413 e. The number of thioether (sulfide) groups is 2. The fourth-order valence-electron chi connectivity index (χ4n) is 8.76. The Hall–Kier alpha value is -7.13. The third kappa shape index (κ3) is 10.3. The van der Waals surface area contributed by atoms with E-state index in [4.69, 9.17) is 19.3 Å². The van der Waals surface area contributed by atoms with E-state index in [2.05, 4.69) is 26.0 Å². The molecule has 4 heterocycles. The number of aryl methyl sites for hydroxylation is 1. The Kier molecular flexibility index (Phi) is 15.0. The van der Waals surface area contributed by atoms with Crippen LogP contribution in [-0.2, 0) is 57.0 Å². The highest BCUT2D eigenvalue weighted by Crippen LogP contribution is 2.56. The molecule has 0 radical (unpaired) electrons. The van der Waals surface area contributed by atoms with Crippen molar-refractivity contribution in [3.63, 3.8) is 0 Å². The van der Waals surface area contributed by atoms with E-state index >= 15 is 13.8 Å². The molecule has 0 aliphatic carbocycles. The van der Waals surface area contributed by atoms with Crippen molar-refractivity contribution in [1.29, 1.82) is 0 Å². The fourth-order valence-corrected chi connectivity index (χ4v) is 14.7. The molecule has 16 nitrogen and oxygen atoms in total. The van der Waals surface area contributed by atoms with Crippen LogP contribution in [0.25, 0.3) is 0 Å². The molecular formula is C53H50N8O8S4. The molecule has 2 saturated heterocycles. The molecule has 2 fully saturated rings. The number of carbonyl (C=O) groups excluding carboxylic acids is 4. The quantitative estimate of drug-likeness (QED) is 0.0167. The summed E-state index contributed by atoms with van der Waals surface area (Å²) in [6, 6.07) is 46.6. The molecule has 5 aromatic carbocycles. The topological polar surface area (TPSA) is 196 Å². The minimum atomic E-state index is -2.38. The highest BCUT2D eigenvalue weighted by atomic mass is 32.2. The number of thiazole rings is 1. The first-order valence-electron chi connectivity index (χ1n) is 23.0. The number of rotatable bonds is 17. The highest BCUT2D eigenvalue weighted by molar-refractivity contribution is 8.17. The van der Waals surface area contributed by atoms with E-state index in [0.717, 1.165) is 29.3 Å². The van der Waals surface area contributed by atoms with E-state index in [-0.39, 0.29) is 34.8 Å². The summed E-state index contributed by atoms with van der Waals surface area (Å²) in [5, 5.41) is 19.4. The number of fused-ring (bicyclic) bond motifs is 1. The molecule has 3 amide bonds. The van der Waals surface area contributed by atoms with Crippen molar-refractivity contribution in [1.82, 2.24) is 30.0 Å². The van der Waals surface area contributed by atoms with Gasteiger partial charge in [0, 0.05) is 34.2 Å². The molecule has 2 aliphatic rings. The number of nitrogens with zero attached hydrogens (tertiary/aromatic N) is 6. The van der Waals surface area contributed by atoms with Crippen molar-refractivity contribution in [3.8, 4) is 0 Å². The van der Waals surface area contributed by atoms with Gasteiger partial charge >= 0.3 is 12.1 Å². The summed E-state index contributed by atoms with van der Waals surface area (Å²) in [6.07, 6.45) is 0.482. The molecular weight excluding hydrogens is 1000 g/mol. The molecule has 7 aromatic rings. The zero-order valence-electron chi connectivity index (χ0n) is 40.0. The van der Waals surface area contributed by atoms with Gasteiger partial charge in [-0.15, -0.1) is 33.3 Å². The summed E-state index contributed by atoms with van der Waals surface area (Å²) in [6.45, 7) is 4.76. The second-order valence-corrected chi connectivity index (χ2v) is 23.2. The van der Waals surface area contributed by atoms with E-state index < -0.39 is 61.1 Å². The van der Waals surface area contributed by atoms with Gasteiger partial charge < -0.3 is 29.1 Å². The molecule has 9 rings (SSSR count). The van der Waals surface area contributed by atoms with Crippen LogP contribution in [0, 0.1) is 0 Å². The number of benzene rings is 5. The number of aromatic nitrogens is 4. The van der Waals surface area contributed by atoms with Crippen molar-refractivity contribution in [3.05, 3.63) is 197 Å². The summed E-state index contributed by atoms with van der Waals surface area (Å²) in [5.41, 5.74) is 1.09. The number of hydrogen-bond donors (Lipinski definition) is 2. The molecule has 374 valence electrons. The standard InChI is InChI=1S/C53H50N8O8S4/c1-50(2,3)68-49(65)57-47-56-41(32-70-47)53(58-42(62)31-55-69-52(38-24-14-7-15-25-38,39-26-16-8-17-27-39)40-28-18-9-19-29-40)51(33-61-43(63)30-44(61)73(53)66,72-35-71-48-59-54-34-60(48)4)46(64)67-45(36-20-10-5-11-21-36)37-22-12-6-13-23-37/h5-29,31-32,34,44-45H,30,33,35H2,1-4H3,(H,58,62)(H,56,57,65)/t44-,51?,53?,73?/m1/s1. The molecule has 0 bridgehead atoms. The average molecular weight is 1060 g/mol. The zero-order chi connectivity index (χ0) is 51.2. The van der Waals surface area contributed by atoms with Crippen LogP contribution in [-0.4, -0.2) is 86.3 Å². The Morgan fingerprint density at radius 2 is 1.41 bits per heavy atom. The Morgan fingerprint density at radius 3 is 1.92 bits per heavy atom. The van der Waals surface area contributed by atoms with Gasteiger partial charge in [-0.2, -0.15) is 0 Å². The van der Waals surface area contributed by atoms with Gasteiger partial charge in [-0.05, 0) is 31.9 Å². The van der Waals surface area contributed by atoms with Crippen molar-refractivity contribution in [2.24, 2.45) is 12.2 Å². The van der Waals surface area contributed by atoms with Crippen molar-refractivity contribution in [2.75, 3.05) is 16.9 Å². The van der Waals surface area contributed by atoms with Crippen LogP contribution in [0.5, 0.6) is 0 Å². The number of hydrogen-bond acceptors (Lipinski definition) is 15. The largest absolute Gasteiger partial charge is 0.451 e. The molecule has 0 spiro atoms. The number of ether oxygens (including phenoxy) is 2. The third-order valence-electron chi connectivity index (χ3n) is 12.1. The summed E-state index contributed by atoms with van der Waals surface area (Å²) in [5.74, 6) is -2.19. The van der Waals surface area contributed by atoms with Crippen molar-refractivity contribution < 1.29 is 37.7 Å². The Morgan fingerprint density at radius 1 is 0.863 bits per heavy atom. The summed E-state index contributed by atoms with van der Waals surface area (Å²) < 4.78 is 27.8. The first-order valence-corrected chi connectivity index (χ1v) is 27.1. The van der Waals surface area contributed by atoms with Crippen LogP contribution in [0.4, 0.5) is 9.93 Å². The van der Waals surface area contributed by atoms with Crippen molar-refractivity contribution >= 4 is 80.9 Å². The van der Waals surface area contributed by atoms with Gasteiger partial charge in [-0.25, -0.2) is 9.78 Å². The first kappa shape index (κ1) is 50.8. The van der Waals surface area contributed by atoms with E-state index in [1.165, 1.54) is 28.4 Å². The molecule has 2 N–H and O–H groups in total. The molecule has 0 saturated carbocycles. The van der Waals surface area contributed by atoms with Gasteiger partial charge in [-0.3, -0.25) is 23.9 Å². The SMILES string of the molecule is Cn1cnnc1SCSC1(C(=O)OC(c2ccccc2)c2ccccc2)CN2C(=O)C[C@H]2S(=O)C1(NC(=O)C=NOC(c1ccccc1)(c1ccccc1)c1ccccc1)c1csc(NC(=O)OC(C)(C)C)n1. The highest BCUT2D eigenvalue weighted by Gasteiger charge is 2.73. The van der Waals surface area contributed by atoms with E-state index in [9.17, 15) is 9.59 Å². The van der Waals surface area contributed by atoms with Crippen LogP contribution in [0.1, 0.15) is 66.8 Å². The lowest BCUT2D eigenvalue weighted by molar-refractivity contribution is -0.157. The third-order valence-corrected chi connectivity index (χ3v) is 17.9. The number of anilines is 1. The first-order chi connectivity index (χ1) is 35.2. The smallest absolute Gasteiger partial charge is 0.413 e. The number of carbonyl (C=O) groups is 4. The van der Waals surface area contributed by atoms with Gasteiger partial charge in [0.25, 0.3) is 5.91 Å². The van der Waals surface area contributed by atoms with Crippen LogP contribution < -0.4 is 10.6 Å². The van der Waals surface area contributed by atoms with E-state index in [1.807, 2.05) is 152 Å². The van der Waals surface area contributed by atoms with Crippen LogP contribution >= 0.6 is 34.9 Å². The normalized spacial score (nSPS) is 19.7. The van der Waals surface area contributed by atoms with Crippen LogP contribution in [0.15, 0.2) is 174 Å². The Labute approximate surface area is 436 Å². The zero-order valence-corrected chi connectivity index (χ0v) is 43.3. The molecule has 2 aromatic heterocycles. The summed E-state index contributed by atoms with van der Waals surface area (Å²) in [7, 11) is -0.609.